The Kier molecular flexibility index (Phi) is 5.85. The Morgan fingerprint density at radius 1 is 1.07 bits per heavy atom. The Labute approximate surface area is 183 Å². The van der Waals surface area contributed by atoms with Crippen molar-refractivity contribution in [2.24, 2.45) is 5.92 Å². The number of fused-ring (bicyclic) bond motifs is 3. The van der Waals surface area contributed by atoms with Crippen LogP contribution in [0.2, 0.25) is 0 Å². The lowest BCUT2D eigenvalue weighted by atomic mass is 10.0. The van der Waals surface area contributed by atoms with Crippen LogP contribution in [0.3, 0.4) is 0 Å². The Bertz CT molecular complexity index is 971. The van der Waals surface area contributed by atoms with Gasteiger partial charge in [0.05, 0.1) is 5.92 Å². The first kappa shape index (κ1) is 20.9. The van der Waals surface area contributed by atoms with Crippen molar-refractivity contribution in [1.82, 2.24) is 10.2 Å². The minimum Gasteiger partial charge on any atom is -0.342 e. The molecule has 1 atom stereocenters. The number of carbonyl (C=O) groups excluding carboxylic acids is 2. The van der Waals surface area contributed by atoms with Gasteiger partial charge in [0.2, 0.25) is 11.8 Å². The number of piperidine rings is 1. The lowest BCUT2D eigenvalue weighted by Gasteiger charge is -2.33. The van der Waals surface area contributed by atoms with Gasteiger partial charge in [0, 0.05) is 31.7 Å². The van der Waals surface area contributed by atoms with Crippen LogP contribution in [0.15, 0.2) is 42.5 Å². The number of anilines is 1. The van der Waals surface area contributed by atoms with Gasteiger partial charge in [-0.15, -0.1) is 12.4 Å². The van der Waals surface area contributed by atoms with Gasteiger partial charge in [-0.2, -0.15) is 0 Å². The van der Waals surface area contributed by atoms with E-state index in [0.29, 0.717) is 13.0 Å². The number of rotatable bonds is 3. The molecule has 2 amide bonds. The molecule has 2 heterocycles. The van der Waals surface area contributed by atoms with Crippen LogP contribution >= 0.6 is 12.4 Å². The standard InChI is InChI=1S/C24H27N3O2.ClH/c1-26(19-8-10-25-11-9-19)24(29)18-14-23(28)27(15-18)20-6-7-22-17(13-20)12-16-4-2-3-5-21(16)22;/h2-7,13,18-19,25H,8-12,14-15H2,1H3;1H. The number of hydrogen-bond acceptors (Lipinski definition) is 3. The van der Waals surface area contributed by atoms with Gasteiger partial charge in [-0.25, -0.2) is 0 Å². The van der Waals surface area contributed by atoms with Crippen LogP contribution in [0, 0.1) is 5.92 Å². The molecule has 158 valence electrons. The SMILES string of the molecule is CN(C(=O)C1CC(=O)N(c2ccc3c(c2)Cc2ccccc2-3)C1)C1CCNCC1.Cl. The predicted octanol–water partition coefficient (Wildman–Crippen LogP) is 3.24. The topological polar surface area (TPSA) is 52.7 Å². The molecule has 0 radical (unpaired) electrons. The van der Waals surface area contributed by atoms with E-state index in [1.54, 1.807) is 0 Å². The molecule has 2 saturated heterocycles. The average Bonchev–Trinajstić information content (AvgIpc) is 3.33. The minimum absolute atomic E-state index is 0. The third-order valence-corrected chi connectivity index (χ3v) is 6.77. The Hall–Kier alpha value is -2.37. The normalized spacial score (nSPS) is 20.5. The number of nitrogens with one attached hydrogen (secondary N) is 1. The molecular weight excluding hydrogens is 398 g/mol. The predicted molar refractivity (Wildman–Crippen MR) is 121 cm³/mol. The van der Waals surface area contributed by atoms with Crippen LogP contribution < -0.4 is 10.2 Å². The zero-order valence-corrected chi connectivity index (χ0v) is 18.1. The Morgan fingerprint density at radius 2 is 1.80 bits per heavy atom. The largest absolute Gasteiger partial charge is 0.342 e. The highest BCUT2D eigenvalue weighted by Gasteiger charge is 2.38. The Morgan fingerprint density at radius 3 is 2.60 bits per heavy atom. The smallest absolute Gasteiger partial charge is 0.228 e. The lowest BCUT2D eigenvalue weighted by molar-refractivity contribution is -0.137. The third-order valence-electron chi connectivity index (χ3n) is 6.77. The van der Waals surface area contributed by atoms with Gasteiger partial charge in [0.15, 0.2) is 0 Å². The van der Waals surface area contributed by atoms with E-state index in [2.05, 4.69) is 41.7 Å². The molecule has 2 fully saturated rings. The van der Waals surface area contributed by atoms with E-state index in [0.717, 1.165) is 38.0 Å². The van der Waals surface area contributed by atoms with E-state index >= 15 is 0 Å². The number of amides is 2. The fourth-order valence-electron chi connectivity index (χ4n) is 5.08. The fourth-order valence-corrected chi connectivity index (χ4v) is 5.08. The van der Waals surface area contributed by atoms with Crippen LogP contribution in [-0.2, 0) is 16.0 Å². The van der Waals surface area contributed by atoms with Crippen molar-refractivity contribution in [1.29, 1.82) is 0 Å². The van der Waals surface area contributed by atoms with Crippen molar-refractivity contribution >= 4 is 29.9 Å². The molecule has 0 saturated carbocycles. The summed E-state index contributed by atoms with van der Waals surface area (Å²) in [7, 11) is 1.90. The number of carbonyl (C=O) groups is 2. The van der Waals surface area contributed by atoms with Gasteiger partial charge in [-0.3, -0.25) is 9.59 Å². The van der Waals surface area contributed by atoms with E-state index in [1.807, 2.05) is 22.9 Å². The summed E-state index contributed by atoms with van der Waals surface area (Å²) in [6, 6.07) is 15.0. The molecule has 0 aromatic heterocycles. The summed E-state index contributed by atoms with van der Waals surface area (Å²) in [5.74, 6) is -0.0772. The summed E-state index contributed by atoms with van der Waals surface area (Å²) in [6.45, 7) is 2.39. The fraction of sp³-hybridized carbons (Fsp3) is 0.417. The monoisotopic (exact) mass is 425 g/mol. The molecule has 1 N–H and O–H groups in total. The zero-order valence-electron chi connectivity index (χ0n) is 17.3. The molecule has 1 unspecified atom stereocenters. The van der Waals surface area contributed by atoms with Crippen molar-refractivity contribution in [3.05, 3.63) is 53.6 Å². The third kappa shape index (κ3) is 3.61. The highest BCUT2D eigenvalue weighted by atomic mass is 35.5. The maximum Gasteiger partial charge on any atom is 0.228 e. The van der Waals surface area contributed by atoms with Crippen LogP contribution in [0.1, 0.15) is 30.4 Å². The summed E-state index contributed by atoms with van der Waals surface area (Å²) in [4.78, 5) is 29.5. The molecule has 6 heteroatoms. The average molecular weight is 426 g/mol. The van der Waals surface area contributed by atoms with Crippen LogP contribution in [-0.4, -0.2) is 49.4 Å². The van der Waals surface area contributed by atoms with Crippen LogP contribution in [0.5, 0.6) is 0 Å². The summed E-state index contributed by atoms with van der Waals surface area (Å²) in [6.07, 6.45) is 3.18. The maximum atomic E-state index is 13.0. The van der Waals surface area contributed by atoms with Gasteiger partial charge >= 0.3 is 0 Å². The summed E-state index contributed by atoms with van der Waals surface area (Å²) < 4.78 is 0. The van der Waals surface area contributed by atoms with Crippen molar-refractivity contribution in [3.63, 3.8) is 0 Å². The van der Waals surface area contributed by atoms with E-state index in [9.17, 15) is 9.59 Å². The second-order valence-corrected chi connectivity index (χ2v) is 8.51. The molecule has 5 rings (SSSR count). The number of hydrogen-bond donors (Lipinski definition) is 1. The van der Waals surface area contributed by atoms with Gasteiger partial charge < -0.3 is 15.1 Å². The van der Waals surface area contributed by atoms with Crippen molar-refractivity contribution < 1.29 is 9.59 Å². The second kappa shape index (κ2) is 8.40. The van der Waals surface area contributed by atoms with Crippen molar-refractivity contribution in [3.8, 4) is 11.1 Å². The summed E-state index contributed by atoms with van der Waals surface area (Å²) >= 11 is 0. The van der Waals surface area contributed by atoms with E-state index in [-0.39, 0.29) is 36.2 Å². The first-order chi connectivity index (χ1) is 14.1. The Balaban J connectivity index is 0.00000218. The van der Waals surface area contributed by atoms with E-state index in [1.165, 1.54) is 22.3 Å². The highest BCUT2D eigenvalue weighted by molar-refractivity contribution is 6.00. The van der Waals surface area contributed by atoms with Crippen molar-refractivity contribution in [2.75, 3.05) is 31.6 Å². The molecule has 30 heavy (non-hydrogen) atoms. The van der Waals surface area contributed by atoms with Gasteiger partial charge in [-0.1, -0.05) is 30.3 Å². The molecule has 5 nitrogen and oxygen atoms in total. The maximum absolute atomic E-state index is 13.0. The van der Waals surface area contributed by atoms with Crippen molar-refractivity contribution in [2.45, 2.75) is 31.7 Å². The molecule has 2 aliphatic heterocycles. The quantitative estimate of drug-likeness (QED) is 0.700. The number of halogens is 1. The van der Waals surface area contributed by atoms with Crippen LogP contribution in [0.25, 0.3) is 11.1 Å². The van der Waals surface area contributed by atoms with Gasteiger partial charge in [0.1, 0.15) is 0 Å². The van der Waals surface area contributed by atoms with Gasteiger partial charge in [0.25, 0.3) is 0 Å². The highest BCUT2D eigenvalue weighted by Crippen LogP contribution is 2.39. The second-order valence-electron chi connectivity index (χ2n) is 8.51. The van der Waals surface area contributed by atoms with E-state index < -0.39 is 0 Å². The molecule has 0 bridgehead atoms. The molecule has 1 aliphatic carbocycles. The zero-order chi connectivity index (χ0) is 20.0. The lowest BCUT2D eigenvalue weighted by Crippen LogP contribution is -2.46. The van der Waals surface area contributed by atoms with Crippen LogP contribution in [0.4, 0.5) is 5.69 Å². The summed E-state index contributed by atoms with van der Waals surface area (Å²) in [5.41, 5.74) is 6.07. The minimum atomic E-state index is -0.243. The first-order valence-electron chi connectivity index (χ1n) is 10.6. The van der Waals surface area contributed by atoms with Gasteiger partial charge in [-0.05, 0) is 66.7 Å². The number of benzene rings is 2. The molecule has 2 aromatic rings. The molecule has 0 spiro atoms. The van der Waals surface area contributed by atoms with E-state index in [4.69, 9.17) is 0 Å². The molecule has 3 aliphatic rings. The molecule has 2 aromatic carbocycles. The number of nitrogens with zero attached hydrogens (tertiary/aromatic N) is 2. The molecular formula is C24H28ClN3O2. The first-order valence-corrected chi connectivity index (χ1v) is 10.6. The summed E-state index contributed by atoms with van der Waals surface area (Å²) in [5, 5.41) is 3.34.